The Bertz CT molecular complexity index is 811. The van der Waals surface area contributed by atoms with Gasteiger partial charge >= 0.3 is 5.97 Å². The first-order valence-corrected chi connectivity index (χ1v) is 8.32. The van der Waals surface area contributed by atoms with Gasteiger partial charge in [-0.15, -0.1) is 0 Å². The van der Waals surface area contributed by atoms with Crippen LogP contribution in [0.5, 0.6) is 0 Å². The van der Waals surface area contributed by atoms with Gasteiger partial charge in [-0.25, -0.2) is 4.68 Å². The van der Waals surface area contributed by atoms with Gasteiger partial charge in [0.25, 0.3) is 5.56 Å². The number of carbonyl (C=O) groups excluding carboxylic acids is 1. The standard InChI is InChI=1S/C17H22N4O3S/c1-12-15(19-17(25)18-11-7-10-14(22)24-3)16(23)21(20(12)2)13-8-5-4-6-9-13/h4-6,8-9H,7,10-11H2,1-3H3,(H2,18,19,25). The predicted octanol–water partition coefficient (Wildman–Crippen LogP) is 1.72. The monoisotopic (exact) mass is 362 g/mol. The van der Waals surface area contributed by atoms with E-state index in [1.807, 2.05) is 44.3 Å². The number of aromatic nitrogens is 2. The highest BCUT2D eigenvalue weighted by atomic mass is 32.1. The molecule has 0 amide bonds. The molecule has 2 aromatic rings. The molecule has 0 radical (unpaired) electrons. The van der Waals surface area contributed by atoms with Crippen LogP contribution in [-0.2, 0) is 16.6 Å². The van der Waals surface area contributed by atoms with Gasteiger partial charge in [0.1, 0.15) is 5.69 Å². The Hall–Kier alpha value is -2.61. The number of nitrogens with one attached hydrogen (secondary N) is 2. The van der Waals surface area contributed by atoms with Crippen LogP contribution in [0.25, 0.3) is 5.69 Å². The fourth-order valence-electron chi connectivity index (χ4n) is 2.41. The number of ether oxygens (including phenoxy) is 1. The van der Waals surface area contributed by atoms with Crippen molar-refractivity contribution >= 4 is 29.0 Å². The Kier molecular flexibility index (Phi) is 6.35. The second-order valence-corrected chi connectivity index (χ2v) is 5.91. The van der Waals surface area contributed by atoms with Crippen molar-refractivity contribution in [1.29, 1.82) is 0 Å². The molecule has 1 aromatic heterocycles. The van der Waals surface area contributed by atoms with E-state index in [0.29, 0.717) is 30.2 Å². The molecule has 0 fully saturated rings. The first-order chi connectivity index (χ1) is 12.0. The van der Waals surface area contributed by atoms with E-state index in [1.54, 1.807) is 9.36 Å². The number of carbonyl (C=O) groups is 1. The molecular formula is C17H22N4O3S. The molecule has 0 aliphatic carbocycles. The first-order valence-electron chi connectivity index (χ1n) is 7.91. The van der Waals surface area contributed by atoms with Gasteiger partial charge in [0.15, 0.2) is 5.11 Å². The topological polar surface area (TPSA) is 77.3 Å². The van der Waals surface area contributed by atoms with E-state index in [1.165, 1.54) is 7.11 Å². The number of benzene rings is 1. The number of para-hydroxylation sites is 1. The Labute approximate surface area is 151 Å². The Morgan fingerprint density at radius 2 is 1.96 bits per heavy atom. The molecule has 0 aliphatic heterocycles. The Morgan fingerprint density at radius 1 is 1.28 bits per heavy atom. The molecule has 0 saturated carbocycles. The van der Waals surface area contributed by atoms with Crippen LogP contribution in [0.2, 0.25) is 0 Å². The summed E-state index contributed by atoms with van der Waals surface area (Å²) in [5, 5.41) is 6.29. The molecule has 7 nitrogen and oxygen atoms in total. The van der Waals surface area contributed by atoms with Crippen molar-refractivity contribution in [2.24, 2.45) is 7.05 Å². The second-order valence-electron chi connectivity index (χ2n) is 5.50. The van der Waals surface area contributed by atoms with E-state index >= 15 is 0 Å². The molecule has 8 heteroatoms. The summed E-state index contributed by atoms with van der Waals surface area (Å²) in [6.45, 7) is 2.36. The van der Waals surface area contributed by atoms with Gasteiger partial charge in [-0.2, -0.15) is 0 Å². The van der Waals surface area contributed by atoms with Gasteiger partial charge < -0.3 is 15.4 Å². The van der Waals surface area contributed by atoms with Gasteiger partial charge in [0.05, 0.1) is 18.5 Å². The van der Waals surface area contributed by atoms with Crippen LogP contribution in [0, 0.1) is 6.92 Å². The van der Waals surface area contributed by atoms with E-state index < -0.39 is 0 Å². The molecular weight excluding hydrogens is 340 g/mol. The number of anilines is 1. The van der Waals surface area contributed by atoms with E-state index in [-0.39, 0.29) is 11.5 Å². The highest BCUT2D eigenvalue weighted by molar-refractivity contribution is 7.80. The smallest absolute Gasteiger partial charge is 0.305 e. The fourth-order valence-corrected chi connectivity index (χ4v) is 2.61. The van der Waals surface area contributed by atoms with Crippen molar-refractivity contribution in [3.63, 3.8) is 0 Å². The third-order valence-corrected chi connectivity index (χ3v) is 4.11. The lowest BCUT2D eigenvalue weighted by Crippen LogP contribution is -2.32. The van der Waals surface area contributed by atoms with Crippen molar-refractivity contribution < 1.29 is 9.53 Å². The summed E-state index contributed by atoms with van der Waals surface area (Å²) in [5.74, 6) is -0.259. The molecule has 2 rings (SSSR count). The second kappa shape index (κ2) is 8.48. The molecule has 2 N–H and O–H groups in total. The lowest BCUT2D eigenvalue weighted by molar-refractivity contribution is -0.140. The molecule has 0 bridgehead atoms. The number of methoxy groups -OCH3 is 1. The van der Waals surface area contributed by atoms with Crippen LogP contribution in [0.15, 0.2) is 35.1 Å². The van der Waals surface area contributed by atoms with Gasteiger partial charge in [0, 0.05) is 20.0 Å². The Balaban J connectivity index is 2.07. The van der Waals surface area contributed by atoms with Crippen molar-refractivity contribution in [2.45, 2.75) is 19.8 Å². The molecule has 0 unspecified atom stereocenters. The van der Waals surface area contributed by atoms with Crippen LogP contribution in [0.4, 0.5) is 5.69 Å². The number of thiocarbonyl (C=S) groups is 1. The summed E-state index contributed by atoms with van der Waals surface area (Å²) in [4.78, 5) is 23.8. The Morgan fingerprint density at radius 3 is 2.60 bits per heavy atom. The average molecular weight is 362 g/mol. The maximum absolute atomic E-state index is 12.7. The molecule has 134 valence electrons. The lowest BCUT2D eigenvalue weighted by atomic mass is 10.3. The minimum atomic E-state index is -0.259. The lowest BCUT2D eigenvalue weighted by Gasteiger charge is -2.09. The number of nitrogens with zero attached hydrogens (tertiary/aromatic N) is 2. The molecule has 25 heavy (non-hydrogen) atoms. The molecule has 1 aromatic carbocycles. The quantitative estimate of drug-likeness (QED) is 0.463. The number of esters is 1. The predicted molar refractivity (Wildman–Crippen MR) is 101 cm³/mol. The highest BCUT2D eigenvalue weighted by Crippen LogP contribution is 2.13. The van der Waals surface area contributed by atoms with Crippen molar-refractivity contribution in [3.05, 3.63) is 46.4 Å². The van der Waals surface area contributed by atoms with E-state index in [0.717, 1.165) is 11.4 Å². The first kappa shape index (κ1) is 18.7. The molecule has 0 atom stereocenters. The number of rotatable bonds is 6. The summed E-state index contributed by atoms with van der Waals surface area (Å²) in [6, 6.07) is 9.40. The fraction of sp³-hybridized carbons (Fsp3) is 0.353. The molecule has 0 aliphatic rings. The van der Waals surface area contributed by atoms with Crippen LogP contribution in [-0.4, -0.2) is 34.1 Å². The zero-order valence-corrected chi connectivity index (χ0v) is 15.4. The average Bonchev–Trinajstić information content (AvgIpc) is 2.82. The summed E-state index contributed by atoms with van der Waals surface area (Å²) in [6.07, 6.45) is 0.911. The van der Waals surface area contributed by atoms with Gasteiger partial charge in [-0.05, 0) is 37.7 Å². The van der Waals surface area contributed by atoms with Gasteiger partial charge in [-0.1, -0.05) is 18.2 Å². The normalized spacial score (nSPS) is 10.4. The maximum atomic E-state index is 12.7. The highest BCUT2D eigenvalue weighted by Gasteiger charge is 2.16. The minimum absolute atomic E-state index is 0.176. The molecule has 0 saturated heterocycles. The van der Waals surface area contributed by atoms with Gasteiger partial charge in [0.2, 0.25) is 0 Å². The van der Waals surface area contributed by atoms with Crippen molar-refractivity contribution in [2.75, 3.05) is 19.0 Å². The van der Waals surface area contributed by atoms with E-state index in [4.69, 9.17) is 12.2 Å². The van der Waals surface area contributed by atoms with E-state index in [9.17, 15) is 9.59 Å². The minimum Gasteiger partial charge on any atom is -0.469 e. The SMILES string of the molecule is COC(=O)CCCNC(=S)Nc1c(C)n(C)n(-c2ccccc2)c1=O. The largest absolute Gasteiger partial charge is 0.469 e. The molecule has 1 heterocycles. The van der Waals surface area contributed by atoms with Crippen LogP contribution in [0.1, 0.15) is 18.5 Å². The zero-order chi connectivity index (χ0) is 18.4. The maximum Gasteiger partial charge on any atom is 0.305 e. The zero-order valence-electron chi connectivity index (χ0n) is 14.5. The summed E-state index contributed by atoms with van der Waals surface area (Å²) in [5.41, 5.74) is 1.80. The third kappa shape index (κ3) is 4.48. The van der Waals surface area contributed by atoms with Gasteiger partial charge in [-0.3, -0.25) is 14.3 Å². The summed E-state index contributed by atoms with van der Waals surface area (Å²) >= 11 is 5.24. The van der Waals surface area contributed by atoms with Crippen LogP contribution < -0.4 is 16.2 Å². The summed E-state index contributed by atoms with van der Waals surface area (Å²) in [7, 11) is 3.18. The van der Waals surface area contributed by atoms with E-state index in [2.05, 4.69) is 15.4 Å². The van der Waals surface area contributed by atoms with Crippen molar-refractivity contribution in [3.8, 4) is 5.69 Å². The van der Waals surface area contributed by atoms with Crippen LogP contribution in [0.3, 0.4) is 0 Å². The van der Waals surface area contributed by atoms with Crippen molar-refractivity contribution in [1.82, 2.24) is 14.7 Å². The summed E-state index contributed by atoms with van der Waals surface area (Å²) < 4.78 is 7.94. The number of hydrogen-bond donors (Lipinski definition) is 2. The van der Waals surface area contributed by atoms with Crippen LogP contribution >= 0.6 is 12.2 Å². The third-order valence-electron chi connectivity index (χ3n) is 3.86. The number of hydrogen-bond acceptors (Lipinski definition) is 4. The molecule has 0 spiro atoms.